The van der Waals surface area contributed by atoms with Gasteiger partial charge in [0.2, 0.25) is 0 Å². The first-order valence-corrected chi connectivity index (χ1v) is 19.3. The Kier molecular flexibility index (Phi) is 14.2. The van der Waals surface area contributed by atoms with Gasteiger partial charge in [-0.15, -0.1) is 0 Å². The largest absolute Gasteiger partial charge is 0.522 e. The van der Waals surface area contributed by atoms with Crippen LogP contribution in [0.25, 0.3) is 0 Å². The van der Waals surface area contributed by atoms with Gasteiger partial charge in [-0.1, -0.05) is 182 Å². The van der Waals surface area contributed by atoms with Crippen LogP contribution in [0.3, 0.4) is 0 Å². The van der Waals surface area contributed by atoms with Crippen LogP contribution in [0, 0.1) is 0 Å². The van der Waals surface area contributed by atoms with E-state index in [1.807, 2.05) is 182 Å². The average molecular weight is 763 g/mol. The molecule has 6 aromatic rings. The minimum atomic E-state index is -5.84. The topological polar surface area (TPSA) is 88.5 Å². The monoisotopic (exact) mass is 762 g/mol. The molecule has 0 heterocycles. The van der Waals surface area contributed by atoms with Gasteiger partial charge in [0.05, 0.1) is 0 Å². The van der Waals surface area contributed by atoms with Crippen molar-refractivity contribution in [3.63, 3.8) is 0 Å². The molecule has 254 valence electrons. The van der Waals surface area contributed by atoms with Gasteiger partial charge < -0.3 is 9.13 Å². The Labute approximate surface area is 294 Å². The van der Waals surface area contributed by atoms with Crippen molar-refractivity contribution in [1.29, 1.82) is 0 Å². The van der Waals surface area contributed by atoms with Crippen LogP contribution in [0.15, 0.2) is 182 Å². The normalized spacial score (nSPS) is 11.4. The summed E-state index contributed by atoms with van der Waals surface area (Å²) in [4.78, 5) is 0. The standard InChI is InChI=1S/2C18H15OP.CHF3O3S.Fe/c2*19-20(16-10-4-1-5-11-16,17-12-6-2-7-13-17)18-14-8-3-9-15-18;2-1(3,4)8(5,6)7;/h2*1-15H;(H,5,6,7);. The molecule has 1 N–H and O–H groups in total. The van der Waals surface area contributed by atoms with Gasteiger partial charge >= 0.3 is 15.6 Å². The van der Waals surface area contributed by atoms with Crippen LogP contribution in [-0.4, -0.2) is 18.5 Å². The Morgan fingerprint density at radius 3 is 0.612 bits per heavy atom. The quantitative estimate of drug-likeness (QED) is 0.0852. The molecular weight excluding hydrogens is 731 g/mol. The van der Waals surface area contributed by atoms with E-state index in [9.17, 15) is 22.3 Å². The van der Waals surface area contributed by atoms with Crippen molar-refractivity contribution in [3.8, 4) is 0 Å². The second-order valence-electron chi connectivity index (χ2n) is 10.2. The molecule has 0 amide bonds. The molecule has 0 spiro atoms. The Hall–Kier alpha value is -4.00. The zero-order valence-corrected chi connectivity index (χ0v) is 29.4. The summed E-state index contributed by atoms with van der Waals surface area (Å²) in [5.74, 6) is 0. The molecule has 0 aromatic heterocycles. The van der Waals surface area contributed by atoms with Gasteiger partial charge in [-0.2, -0.15) is 21.6 Å². The summed E-state index contributed by atoms with van der Waals surface area (Å²) in [5, 5.41) is 5.24. The Morgan fingerprint density at radius 1 is 0.388 bits per heavy atom. The summed E-state index contributed by atoms with van der Waals surface area (Å²) >= 11 is 0. The van der Waals surface area contributed by atoms with E-state index < -0.39 is 29.9 Å². The van der Waals surface area contributed by atoms with Crippen LogP contribution in [0.1, 0.15) is 0 Å². The van der Waals surface area contributed by atoms with Crippen LogP contribution in [0.5, 0.6) is 0 Å². The van der Waals surface area contributed by atoms with Crippen LogP contribution in [0.4, 0.5) is 13.2 Å². The van der Waals surface area contributed by atoms with Crippen LogP contribution < -0.4 is 31.8 Å². The van der Waals surface area contributed by atoms with Crippen molar-refractivity contribution in [1.82, 2.24) is 0 Å². The summed E-state index contributed by atoms with van der Waals surface area (Å²) < 4.78 is 85.2. The second-order valence-corrected chi connectivity index (χ2v) is 17.1. The fourth-order valence-corrected chi connectivity index (χ4v) is 10.1. The fourth-order valence-electron chi connectivity index (χ4n) is 4.72. The predicted octanol–water partition coefficient (Wildman–Crippen LogP) is 7.04. The minimum absolute atomic E-state index is 0. The smallest absolute Gasteiger partial charge is 0.309 e. The molecule has 0 atom stereocenters. The molecule has 0 fully saturated rings. The van der Waals surface area contributed by atoms with Crippen molar-refractivity contribution < 1.29 is 52.3 Å². The molecule has 0 aliphatic heterocycles. The summed E-state index contributed by atoms with van der Waals surface area (Å²) in [7, 11) is -11.4. The van der Waals surface area contributed by atoms with Crippen molar-refractivity contribution in [2.75, 3.05) is 0 Å². The maximum absolute atomic E-state index is 13.8. The molecular formula is C37H31F3FeO5P2S. The van der Waals surface area contributed by atoms with E-state index in [2.05, 4.69) is 0 Å². The van der Waals surface area contributed by atoms with Crippen molar-refractivity contribution in [3.05, 3.63) is 182 Å². The zero-order chi connectivity index (χ0) is 34.7. The molecule has 6 aromatic carbocycles. The summed E-state index contributed by atoms with van der Waals surface area (Å²) in [6.45, 7) is 0. The number of rotatable bonds is 6. The van der Waals surface area contributed by atoms with Crippen molar-refractivity contribution in [2.24, 2.45) is 0 Å². The van der Waals surface area contributed by atoms with Crippen LogP contribution in [0.2, 0.25) is 0 Å². The van der Waals surface area contributed by atoms with Gasteiger partial charge in [0.25, 0.3) is 0 Å². The predicted molar refractivity (Wildman–Crippen MR) is 189 cm³/mol. The van der Waals surface area contributed by atoms with Gasteiger partial charge in [0.15, 0.2) is 14.3 Å². The van der Waals surface area contributed by atoms with E-state index in [1.165, 1.54) is 0 Å². The van der Waals surface area contributed by atoms with Crippen LogP contribution >= 0.6 is 14.3 Å². The summed E-state index contributed by atoms with van der Waals surface area (Å²) in [6.07, 6.45) is 0. The molecule has 0 saturated carbocycles. The molecule has 0 radical (unpaired) electrons. The van der Waals surface area contributed by atoms with Crippen molar-refractivity contribution in [2.45, 2.75) is 5.51 Å². The molecule has 5 nitrogen and oxygen atoms in total. The first kappa shape index (κ1) is 39.4. The maximum atomic E-state index is 13.8. The Balaban J connectivity index is 0.000000215. The van der Waals surface area contributed by atoms with E-state index >= 15 is 0 Å². The number of halogens is 3. The van der Waals surface area contributed by atoms with E-state index in [0.717, 1.165) is 31.8 Å². The molecule has 0 unspecified atom stereocenters. The van der Waals surface area contributed by atoms with Crippen LogP contribution in [-0.2, 0) is 36.3 Å². The van der Waals surface area contributed by atoms with E-state index in [0.29, 0.717) is 0 Å². The molecule has 0 aliphatic carbocycles. The first-order chi connectivity index (χ1) is 22.9. The summed E-state index contributed by atoms with van der Waals surface area (Å²) in [5.41, 5.74) is -5.53. The third kappa shape index (κ3) is 9.80. The van der Waals surface area contributed by atoms with E-state index in [4.69, 9.17) is 13.0 Å². The van der Waals surface area contributed by atoms with E-state index in [-0.39, 0.29) is 17.1 Å². The van der Waals surface area contributed by atoms with E-state index in [1.54, 1.807) is 0 Å². The third-order valence-electron chi connectivity index (χ3n) is 7.01. The molecule has 0 aliphatic rings. The summed E-state index contributed by atoms with van der Waals surface area (Å²) in [6, 6.07) is 58.3. The molecule has 12 heteroatoms. The Morgan fingerprint density at radius 2 is 0.510 bits per heavy atom. The molecule has 49 heavy (non-hydrogen) atoms. The molecule has 6 rings (SSSR count). The minimum Gasteiger partial charge on any atom is -0.309 e. The average Bonchev–Trinajstić information content (AvgIpc) is 3.13. The van der Waals surface area contributed by atoms with Gasteiger partial charge in [-0.25, -0.2) is 0 Å². The Bertz CT molecular complexity index is 1730. The SMILES string of the molecule is O=P(c1ccccc1)(c1ccccc1)c1ccccc1.O=P(c1ccccc1)(c1ccccc1)c1ccccc1.O=S(=O)(O)C(F)(F)F.[Fe]. The number of benzene rings is 6. The molecule has 0 bridgehead atoms. The second kappa shape index (κ2) is 17.6. The third-order valence-corrected chi connectivity index (χ3v) is 13.7. The van der Waals surface area contributed by atoms with Gasteiger partial charge in [-0.3, -0.25) is 4.55 Å². The fraction of sp³-hybridized carbons (Fsp3) is 0.0270. The number of alkyl halides is 3. The van der Waals surface area contributed by atoms with Crippen molar-refractivity contribution >= 4 is 56.2 Å². The zero-order valence-electron chi connectivity index (χ0n) is 25.7. The van der Waals surface area contributed by atoms with Gasteiger partial charge in [-0.05, 0) is 0 Å². The maximum Gasteiger partial charge on any atom is 0.522 e. The van der Waals surface area contributed by atoms with Gasteiger partial charge in [0, 0.05) is 48.9 Å². The number of hydrogen-bond donors (Lipinski definition) is 1. The number of hydrogen-bond acceptors (Lipinski definition) is 4. The first-order valence-electron chi connectivity index (χ1n) is 14.5. The molecule has 0 saturated heterocycles. The van der Waals surface area contributed by atoms with Gasteiger partial charge in [0.1, 0.15) is 0 Å².